The number of hydrogen-bond donors (Lipinski definition) is 1. The molecule has 0 radical (unpaired) electrons. The van der Waals surface area contributed by atoms with Crippen molar-refractivity contribution in [3.05, 3.63) is 0 Å². The maximum Gasteiger partial charge on any atom is 0.0600 e. The molecule has 0 unspecified atom stereocenters. The van der Waals surface area contributed by atoms with Crippen molar-refractivity contribution >= 4 is 0 Å². The van der Waals surface area contributed by atoms with E-state index in [2.05, 4.69) is 31.1 Å². The van der Waals surface area contributed by atoms with Crippen LogP contribution in [0.25, 0.3) is 0 Å². The molecular formula is C13H28N2O2. The predicted molar refractivity (Wildman–Crippen MR) is 70.4 cm³/mol. The first-order valence-corrected chi connectivity index (χ1v) is 6.81. The molecule has 1 aliphatic rings. The number of rotatable bonds is 8. The lowest BCUT2D eigenvalue weighted by Gasteiger charge is -2.24. The van der Waals surface area contributed by atoms with Gasteiger partial charge in [-0.25, -0.2) is 0 Å². The van der Waals surface area contributed by atoms with Crippen molar-refractivity contribution in [2.45, 2.75) is 38.9 Å². The van der Waals surface area contributed by atoms with Crippen LogP contribution in [0.3, 0.4) is 0 Å². The Morgan fingerprint density at radius 1 is 1.18 bits per heavy atom. The second-order valence-corrected chi connectivity index (χ2v) is 5.04. The standard InChI is InChI=1S/C13H28N2O2/c1-12(2)16-10-8-15(3)9-11-17-13-4-6-14-7-5-13/h12-14H,4-11H2,1-3H3. The lowest BCUT2D eigenvalue weighted by molar-refractivity contribution is 0.0157. The van der Waals surface area contributed by atoms with Crippen LogP contribution in [0.1, 0.15) is 26.7 Å². The molecule has 0 aliphatic carbocycles. The molecule has 0 spiro atoms. The van der Waals surface area contributed by atoms with E-state index in [-0.39, 0.29) is 0 Å². The molecular weight excluding hydrogens is 216 g/mol. The van der Waals surface area contributed by atoms with Crippen LogP contribution in [0.2, 0.25) is 0 Å². The molecule has 0 aromatic carbocycles. The molecule has 1 aliphatic heterocycles. The average Bonchev–Trinajstić information content (AvgIpc) is 2.30. The minimum absolute atomic E-state index is 0.328. The van der Waals surface area contributed by atoms with Crippen molar-refractivity contribution in [1.82, 2.24) is 10.2 Å². The van der Waals surface area contributed by atoms with Crippen LogP contribution in [-0.2, 0) is 9.47 Å². The fourth-order valence-corrected chi connectivity index (χ4v) is 1.89. The summed E-state index contributed by atoms with van der Waals surface area (Å²) in [6.07, 6.45) is 3.10. The summed E-state index contributed by atoms with van der Waals surface area (Å²) in [5.41, 5.74) is 0. The minimum Gasteiger partial charge on any atom is -0.377 e. The highest BCUT2D eigenvalue weighted by molar-refractivity contribution is 4.68. The first-order chi connectivity index (χ1) is 8.18. The van der Waals surface area contributed by atoms with Crippen LogP contribution in [-0.4, -0.2) is 63.5 Å². The zero-order valence-corrected chi connectivity index (χ0v) is 11.6. The largest absolute Gasteiger partial charge is 0.377 e. The third-order valence-electron chi connectivity index (χ3n) is 3.04. The summed E-state index contributed by atoms with van der Waals surface area (Å²) in [5.74, 6) is 0. The molecule has 1 saturated heterocycles. The highest BCUT2D eigenvalue weighted by Crippen LogP contribution is 2.06. The molecule has 1 N–H and O–H groups in total. The van der Waals surface area contributed by atoms with Gasteiger partial charge in [0.15, 0.2) is 0 Å². The summed E-state index contributed by atoms with van der Waals surface area (Å²) >= 11 is 0. The van der Waals surface area contributed by atoms with Gasteiger partial charge in [0, 0.05) is 13.1 Å². The summed E-state index contributed by atoms with van der Waals surface area (Å²) in [7, 11) is 2.12. The molecule has 0 atom stereocenters. The van der Waals surface area contributed by atoms with E-state index >= 15 is 0 Å². The fourth-order valence-electron chi connectivity index (χ4n) is 1.89. The summed E-state index contributed by atoms with van der Waals surface area (Å²) in [6.45, 7) is 9.95. The van der Waals surface area contributed by atoms with Crippen LogP contribution in [0, 0.1) is 0 Å². The number of piperidine rings is 1. The van der Waals surface area contributed by atoms with E-state index < -0.39 is 0 Å². The molecule has 0 aromatic rings. The van der Waals surface area contributed by atoms with E-state index in [9.17, 15) is 0 Å². The van der Waals surface area contributed by atoms with Gasteiger partial charge in [0.25, 0.3) is 0 Å². The molecule has 0 bridgehead atoms. The van der Waals surface area contributed by atoms with E-state index in [0.717, 1.165) is 52.2 Å². The maximum atomic E-state index is 5.86. The SMILES string of the molecule is CC(C)OCCN(C)CCOC1CCNCC1. The molecule has 0 aromatic heterocycles. The lowest BCUT2D eigenvalue weighted by atomic mass is 10.1. The number of ether oxygens (including phenoxy) is 2. The monoisotopic (exact) mass is 244 g/mol. The number of hydrogen-bond acceptors (Lipinski definition) is 4. The van der Waals surface area contributed by atoms with Crippen molar-refractivity contribution in [2.24, 2.45) is 0 Å². The summed E-state index contributed by atoms with van der Waals surface area (Å²) in [4.78, 5) is 2.27. The molecule has 1 fully saturated rings. The summed E-state index contributed by atoms with van der Waals surface area (Å²) in [5, 5.41) is 3.35. The topological polar surface area (TPSA) is 33.7 Å². The molecule has 0 saturated carbocycles. The van der Waals surface area contributed by atoms with Gasteiger partial charge in [-0.15, -0.1) is 0 Å². The highest BCUT2D eigenvalue weighted by Gasteiger charge is 2.12. The van der Waals surface area contributed by atoms with Gasteiger partial charge in [0.2, 0.25) is 0 Å². The van der Waals surface area contributed by atoms with E-state index in [1.165, 1.54) is 0 Å². The average molecular weight is 244 g/mol. The van der Waals surface area contributed by atoms with Gasteiger partial charge >= 0.3 is 0 Å². The Morgan fingerprint density at radius 2 is 1.82 bits per heavy atom. The molecule has 1 heterocycles. The third kappa shape index (κ3) is 7.71. The van der Waals surface area contributed by atoms with Crippen molar-refractivity contribution < 1.29 is 9.47 Å². The van der Waals surface area contributed by atoms with Crippen LogP contribution in [0.15, 0.2) is 0 Å². The van der Waals surface area contributed by atoms with Gasteiger partial charge in [-0.05, 0) is 46.8 Å². The van der Waals surface area contributed by atoms with Crippen LogP contribution in [0.4, 0.5) is 0 Å². The Balaban J connectivity index is 1.93. The van der Waals surface area contributed by atoms with Crippen LogP contribution in [0.5, 0.6) is 0 Å². The Hall–Kier alpha value is -0.160. The minimum atomic E-state index is 0.328. The van der Waals surface area contributed by atoms with Crippen molar-refractivity contribution in [3.63, 3.8) is 0 Å². The zero-order valence-electron chi connectivity index (χ0n) is 11.6. The number of nitrogens with zero attached hydrogens (tertiary/aromatic N) is 1. The fraction of sp³-hybridized carbons (Fsp3) is 1.00. The molecule has 102 valence electrons. The van der Waals surface area contributed by atoms with Gasteiger partial charge in [0.05, 0.1) is 25.4 Å². The second-order valence-electron chi connectivity index (χ2n) is 5.04. The van der Waals surface area contributed by atoms with Gasteiger partial charge in [-0.1, -0.05) is 0 Å². The van der Waals surface area contributed by atoms with Crippen molar-refractivity contribution in [2.75, 3.05) is 46.4 Å². The smallest absolute Gasteiger partial charge is 0.0600 e. The third-order valence-corrected chi connectivity index (χ3v) is 3.04. The normalized spacial score (nSPS) is 18.2. The van der Waals surface area contributed by atoms with E-state index in [0.29, 0.717) is 12.2 Å². The Morgan fingerprint density at radius 3 is 2.47 bits per heavy atom. The van der Waals surface area contributed by atoms with Crippen LogP contribution < -0.4 is 5.32 Å². The van der Waals surface area contributed by atoms with Gasteiger partial charge in [0.1, 0.15) is 0 Å². The second kappa shape index (κ2) is 8.86. The maximum absolute atomic E-state index is 5.86. The van der Waals surface area contributed by atoms with Gasteiger partial charge in [-0.3, -0.25) is 0 Å². The molecule has 1 rings (SSSR count). The molecule has 4 nitrogen and oxygen atoms in total. The summed E-state index contributed by atoms with van der Waals surface area (Å²) in [6, 6.07) is 0. The van der Waals surface area contributed by atoms with Crippen molar-refractivity contribution in [1.29, 1.82) is 0 Å². The molecule has 17 heavy (non-hydrogen) atoms. The molecule has 0 amide bonds. The quantitative estimate of drug-likeness (QED) is 0.693. The van der Waals surface area contributed by atoms with Gasteiger partial charge in [-0.2, -0.15) is 0 Å². The van der Waals surface area contributed by atoms with E-state index in [1.807, 2.05) is 0 Å². The van der Waals surface area contributed by atoms with E-state index in [4.69, 9.17) is 9.47 Å². The number of likely N-dealkylation sites (N-methyl/N-ethyl adjacent to an activating group) is 1. The van der Waals surface area contributed by atoms with Crippen molar-refractivity contribution in [3.8, 4) is 0 Å². The Bertz CT molecular complexity index is 182. The molecule has 4 heteroatoms. The Labute approximate surface area is 106 Å². The van der Waals surface area contributed by atoms with Crippen LogP contribution >= 0.6 is 0 Å². The summed E-state index contributed by atoms with van der Waals surface area (Å²) < 4.78 is 11.4. The first kappa shape index (κ1) is 14.9. The predicted octanol–water partition coefficient (Wildman–Crippen LogP) is 1.11. The number of nitrogens with one attached hydrogen (secondary N) is 1. The first-order valence-electron chi connectivity index (χ1n) is 6.81. The van der Waals surface area contributed by atoms with Gasteiger partial charge < -0.3 is 19.7 Å². The lowest BCUT2D eigenvalue weighted by Crippen LogP contribution is -2.34. The van der Waals surface area contributed by atoms with E-state index in [1.54, 1.807) is 0 Å². The highest BCUT2D eigenvalue weighted by atomic mass is 16.5. The zero-order chi connectivity index (χ0) is 12.5. The Kier molecular flexibility index (Phi) is 7.77.